The Balaban J connectivity index is 0.00000240. The molecule has 0 radical (unpaired) electrons. The van der Waals surface area contributed by atoms with Gasteiger partial charge >= 0.3 is 0 Å². The zero-order valence-corrected chi connectivity index (χ0v) is 19.8. The van der Waals surface area contributed by atoms with E-state index in [1.54, 1.807) is 0 Å². The highest BCUT2D eigenvalue weighted by atomic mass is 35.5. The molecule has 0 aromatic heterocycles. The molecule has 0 amide bonds. The van der Waals surface area contributed by atoms with Crippen LogP contribution in [0.4, 0.5) is 5.69 Å². The monoisotopic (exact) mass is 470 g/mol. The van der Waals surface area contributed by atoms with Crippen molar-refractivity contribution in [3.63, 3.8) is 0 Å². The van der Waals surface area contributed by atoms with Gasteiger partial charge in [-0.05, 0) is 61.2 Å². The van der Waals surface area contributed by atoms with E-state index in [1.807, 2.05) is 12.1 Å². The van der Waals surface area contributed by atoms with Gasteiger partial charge in [-0.3, -0.25) is 4.72 Å². The second-order valence-electron chi connectivity index (χ2n) is 7.62. The fourth-order valence-electron chi connectivity index (χ4n) is 3.97. The Hall–Kier alpha value is -0.860. The molecule has 2 heterocycles. The average Bonchev–Trinajstić information content (AvgIpc) is 2.67. The van der Waals surface area contributed by atoms with Gasteiger partial charge in [0.15, 0.2) is 0 Å². The van der Waals surface area contributed by atoms with Gasteiger partial charge in [-0.2, -0.15) is 0 Å². The first-order valence-electron chi connectivity index (χ1n) is 9.59. The lowest BCUT2D eigenvalue weighted by Gasteiger charge is -2.45. The predicted molar refractivity (Wildman–Crippen MR) is 128 cm³/mol. The molecule has 0 bridgehead atoms. The molecule has 29 heavy (non-hydrogen) atoms. The summed E-state index contributed by atoms with van der Waals surface area (Å²) < 4.78 is 25.7. The Labute approximate surface area is 188 Å². The summed E-state index contributed by atoms with van der Waals surface area (Å²) >= 11 is 4.18. The topological polar surface area (TPSA) is 58.2 Å². The number of rotatable bonds is 4. The minimum Gasteiger partial charge on any atom is -0.317 e. The molecular formula is C21H27ClN2O2S3. The number of halogens is 1. The normalized spacial score (nSPS) is 21.7. The Morgan fingerprint density at radius 2 is 1.76 bits per heavy atom. The van der Waals surface area contributed by atoms with Crippen LogP contribution in [-0.4, -0.2) is 31.8 Å². The molecule has 158 valence electrons. The lowest BCUT2D eigenvalue weighted by Crippen LogP contribution is -2.39. The molecule has 0 saturated carbocycles. The molecule has 8 heteroatoms. The van der Waals surface area contributed by atoms with E-state index >= 15 is 0 Å². The highest BCUT2D eigenvalue weighted by Crippen LogP contribution is 2.62. The van der Waals surface area contributed by atoms with Crippen molar-refractivity contribution in [1.82, 2.24) is 5.32 Å². The number of anilines is 1. The number of hydrogen-bond donors (Lipinski definition) is 2. The molecular weight excluding hydrogens is 444 g/mol. The van der Waals surface area contributed by atoms with E-state index in [4.69, 9.17) is 0 Å². The molecule has 2 unspecified atom stereocenters. The number of nitrogens with one attached hydrogen (secondary N) is 2. The maximum atomic E-state index is 11.5. The first-order chi connectivity index (χ1) is 13.4. The summed E-state index contributed by atoms with van der Waals surface area (Å²) in [5.41, 5.74) is 3.27. The summed E-state index contributed by atoms with van der Waals surface area (Å²) in [6, 6.07) is 16.6. The van der Waals surface area contributed by atoms with Crippen molar-refractivity contribution >= 4 is 51.6 Å². The molecule has 0 aliphatic carbocycles. The van der Waals surface area contributed by atoms with E-state index < -0.39 is 10.0 Å². The third-order valence-corrected chi connectivity index (χ3v) is 9.69. The molecule has 2 aromatic rings. The van der Waals surface area contributed by atoms with Gasteiger partial charge in [0, 0.05) is 15.8 Å². The predicted octanol–water partition coefficient (Wildman–Crippen LogP) is 5.24. The van der Waals surface area contributed by atoms with E-state index in [2.05, 4.69) is 76.9 Å². The van der Waals surface area contributed by atoms with E-state index in [0.717, 1.165) is 13.1 Å². The van der Waals surface area contributed by atoms with Crippen molar-refractivity contribution in [2.24, 2.45) is 0 Å². The van der Waals surface area contributed by atoms with E-state index in [9.17, 15) is 8.42 Å². The van der Waals surface area contributed by atoms with Crippen LogP contribution in [-0.2, 0) is 10.0 Å². The standard InChI is InChI=1S/C21H26N2O2S3.ClH/c1-15(16-7-9-17(10-8-16)23-28(2,24)25)20-18-5-3-4-6-19(18)26-21(27-20)11-13-22-14-12-21;/h3-10,15,20,22-23H,11-14H2,1-2H3;1H. The molecule has 2 aliphatic rings. The van der Waals surface area contributed by atoms with E-state index in [1.165, 1.54) is 35.1 Å². The minimum atomic E-state index is -3.25. The summed E-state index contributed by atoms with van der Waals surface area (Å²) in [5, 5.41) is 3.89. The number of thioether (sulfide) groups is 2. The van der Waals surface area contributed by atoms with Crippen molar-refractivity contribution in [3.05, 3.63) is 59.7 Å². The summed E-state index contributed by atoms with van der Waals surface area (Å²) in [5.74, 6) is 0.339. The molecule has 4 rings (SSSR count). The van der Waals surface area contributed by atoms with Crippen molar-refractivity contribution < 1.29 is 8.42 Å². The van der Waals surface area contributed by atoms with Crippen LogP contribution in [0.15, 0.2) is 53.4 Å². The molecule has 2 atom stereocenters. The van der Waals surface area contributed by atoms with Crippen LogP contribution in [0.25, 0.3) is 0 Å². The molecule has 1 saturated heterocycles. The van der Waals surface area contributed by atoms with Gasteiger partial charge in [-0.1, -0.05) is 37.3 Å². The van der Waals surface area contributed by atoms with Gasteiger partial charge in [-0.25, -0.2) is 8.42 Å². The Morgan fingerprint density at radius 1 is 1.10 bits per heavy atom. The quantitative estimate of drug-likeness (QED) is 0.639. The fraction of sp³-hybridized carbons (Fsp3) is 0.429. The number of hydrogen-bond acceptors (Lipinski definition) is 5. The van der Waals surface area contributed by atoms with Crippen LogP contribution in [0.2, 0.25) is 0 Å². The van der Waals surface area contributed by atoms with Gasteiger partial charge < -0.3 is 5.32 Å². The summed E-state index contributed by atoms with van der Waals surface area (Å²) in [4.78, 5) is 1.41. The number of sulfonamides is 1. The third kappa shape index (κ3) is 5.25. The largest absolute Gasteiger partial charge is 0.317 e. The minimum absolute atomic E-state index is 0. The smallest absolute Gasteiger partial charge is 0.229 e. The lowest BCUT2D eigenvalue weighted by molar-refractivity contribution is 0.502. The molecule has 4 nitrogen and oxygen atoms in total. The molecule has 1 spiro atoms. The van der Waals surface area contributed by atoms with Gasteiger partial charge in [0.2, 0.25) is 10.0 Å². The van der Waals surface area contributed by atoms with Crippen LogP contribution in [0.1, 0.15) is 42.1 Å². The van der Waals surface area contributed by atoms with Crippen molar-refractivity contribution in [2.75, 3.05) is 24.1 Å². The van der Waals surface area contributed by atoms with Gasteiger partial charge in [-0.15, -0.1) is 35.9 Å². The Morgan fingerprint density at radius 3 is 2.41 bits per heavy atom. The van der Waals surface area contributed by atoms with Crippen LogP contribution in [0, 0.1) is 0 Å². The summed E-state index contributed by atoms with van der Waals surface area (Å²) in [6.07, 6.45) is 3.53. The highest BCUT2D eigenvalue weighted by molar-refractivity contribution is 8.19. The third-order valence-electron chi connectivity index (χ3n) is 5.42. The van der Waals surface area contributed by atoms with Crippen LogP contribution < -0.4 is 10.0 Å². The molecule has 2 aliphatic heterocycles. The van der Waals surface area contributed by atoms with Crippen LogP contribution in [0.5, 0.6) is 0 Å². The van der Waals surface area contributed by atoms with Gasteiger partial charge in [0.25, 0.3) is 0 Å². The Kier molecular flexibility index (Phi) is 7.16. The lowest BCUT2D eigenvalue weighted by atomic mass is 9.93. The van der Waals surface area contributed by atoms with Gasteiger partial charge in [0.05, 0.1) is 10.3 Å². The van der Waals surface area contributed by atoms with Crippen molar-refractivity contribution in [1.29, 1.82) is 0 Å². The van der Waals surface area contributed by atoms with Crippen LogP contribution in [0.3, 0.4) is 0 Å². The average molecular weight is 471 g/mol. The number of fused-ring (bicyclic) bond motifs is 1. The zero-order valence-electron chi connectivity index (χ0n) is 16.6. The second kappa shape index (κ2) is 9.10. The molecule has 1 fully saturated rings. The SMILES string of the molecule is CC(c1ccc(NS(C)(=O)=O)cc1)C1SC2(CCNCC2)Sc2ccccc21.Cl. The fourth-order valence-corrected chi connectivity index (χ4v) is 8.25. The first-order valence-corrected chi connectivity index (χ1v) is 13.2. The maximum Gasteiger partial charge on any atom is 0.229 e. The zero-order chi connectivity index (χ0) is 19.8. The Bertz CT molecular complexity index is 945. The first kappa shape index (κ1) is 22.8. The second-order valence-corrected chi connectivity index (χ2v) is 12.6. The number of piperidine rings is 1. The van der Waals surface area contributed by atoms with Crippen molar-refractivity contribution in [2.45, 2.75) is 39.9 Å². The van der Waals surface area contributed by atoms with Crippen LogP contribution >= 0.6 is 35.9 Å². The molecule has 2 N–H and O–H groups in total. The maximum absolute atomic E-state index is 11.5. The number of benzene rings is 2. The summed E-state index contributed by atoms with van der Waals surface area (Å²) in [7, 11) is -3.25. The summed E-state index contributed by atoms with van der Waals surface area (Å²) in [6.45, 7) is 4.45. The van der Waals surface area contributed by atoms with E-state index in [0.29, 0.717) is 16.9 Å². The van der Waals surface area contributed by atoms with Crippen molar-refractivity contribution in [3.8, 4) is 0 Å². The highest BCUT2D eigenvalue weighted by Gasteiger charge is 2.43. The van der Waals surface area contributed by atoms with E-state index in [-0.39, 0.29) is 16.5 Å². The van der Waals surface area contributed by atoms with Gasteiger partial charge in [0.1, 0.15) is 0 Å². The molecule has 2 aromatic carbocycles.